The number of ether oxygens (including phenoxy) is 1. The van der Waals surface area contributed by atoms with Gasteiger partial charge in [-0.15, -0.1) is 0 Å². The van der Waals surface area contributed by atoms with Gasteiger partial charge in [0.2, 0.25) is 0 Å². The molecule has 0 bridgehead atoms. The predicted octanol–water partition coefficient (Wildman–Crippen LogP) is 7.56. The van der Waals surface area contributed by atoms with Crippen LogP contribution >= 0.6 is 9.12 Å². The monoisotopic (exact) mass is 499 g/mol. The van der Waals surface area contributed by atoms with Crippen molar-refractivity contribution >= 4 is 16.6 Å². The quantitative estimate of drug-likeness (QED) is 0.103. The topological polar surface area (TPSA) is 62.2 Å². The highest BCUT2D eigenvalue weighted by Crippen LogP contribution is 2.50. The van der Waals surface area contributed by atoms with E-state index in [1.807, 2.05) is 0 Å². The van der Waals surface area contributed by atoms with E-state index in [1.165, 1.54) is 57.2 Å². The molecule has 3 rings (SSSR count). The van der Waals surface area contributed by atoms with Crippen molar-refractivity contribution in [2.75, 3.05) is 0 Å². The summed E-state index contributed by atoms with van der Waals surface area (Å²) in [5, 5.41) is 16.4. The summed E-state index contributed by atoms with van der Waals surface area (Å²) in [5.41, 5.74) is 3.61. The van der Waals surface area contributed by atoms with Gasteiger partial charge in [-0.3, -0.25) is 5.26 Å². The Morgan fingerprint density at radius 3 is 1.91 bits per heavy atom. The zero-order valence-corrected chi connectivity index (χ0v) is 25.0. The molecule has 0 aromatic carbocycles. The maximum Gasteiger partial charge on any atom is 0.116 e. The first-order chi connectivity index (χ1) is 15.8. The fourth-order valence-electron chi connectivity index (χ4n) is 3.51. The van der Waals surface area contributed by atoms with Gasteiger partial charge in [0.1, 0.15) is 7.53 Å². The minimum absolute atomic E-state index is 0.270. The van der Waals surface area contributed by atoms with E-state index in [-0.39, 0.29) is 5.60 Å². The highest BCUT2D eigenvalue weighted by atomic mass is 31.0. The summed E-state index contributed by atoms with van der Waals surface area (Å²) in [6.45, 7) is 27.2. The Hall–Kier alpha value is -0.445. The molecule has 1 saturated carbocycles. The van der Waals surface area contributed by atoms with Crippen molar-refractivity contribution in [1.29, 1.82) is 1.34 Å². The van der Waals surface area contributed by atoms with Crippen LogP contribution in [0.2, 0.25) is 0 Å². The lowest BCUT2D eigenvalue weighted by Gasteiger charge is -2.22. The maximum atomic E-state index is 8.52. The Labute approximate surface area is 216 Å². The maximum absolute atomic E-state index is 8.52. The summed E-state index contributed by atoms with van der Waals surface area (Å²) in [5.74, 6) is 1.50. The summed E-state index contributed by atoms with van der Waals surface area (Å²) in [4.78, 5) is 3.94. The van der Waals surface area contributed by atoms with Gasteiger partial charge in [0, 0.05) is 0 Å². The van der Waals surface area contributed by atoms with E-state index in [4.69, 9.17) is 16.4 Å². The fraction of sp³-hybridized carbons (Fsp3) is 0.786. The molecule has 2 N–H and O–H groups in total. The molecule has 1 aliphatic heterocycles. The van der Waals surface area contributed by atoms with Crippen LogP contribution in [0.25, 0.3) is 0 Å². The molecule has 3 aliphatic rings. The van der Waals surface area contributed by atoms with Crippen LogP contribution in [0.3, 0.4) is 0 Å². The first-order valence-corrected chi connectivity index (χ1v) is 13.1. The van der Waals surface area contributed by atoms with Crippen molar-refractivity contribution in [3.05, 3.63) is 36.0 Å². The number of allylic oxidation sites excluding steroid dienone is 4. The standard InChI is InChI=1S/C10H16O.C10H16.C4H10O2.C4H10O.BH3P/c1-7(2)8-4-5-10(3)9(6-8)11-10;1-8(2)10-6-4-9(3)5-7-10;1-4(2,3)6-5;1-4(2,3)5;1-2/h8-9H,1,4-6H2,2-3H3;4,10H,1,5-7H2,2-3H3;5H,1-3H3;5H,1-3H3;1H,2H2/i;;;;1T. The molecule has 6 heteroatoms. The molecule has 34 heavy (non-hydrogen) atoms. The molecule has 1 radical (unpaired) electrons. The van der Waals surface area contributed by atoms with E-state index >= 15 is 0 Å². The van der Waals surface area contributed by atoms with Gasteiger partial charge in [0.05, 0.1) is 22.9 Å². The second-order valence-electron chi connectivity index (χ2n) is 12.0. The van der Waals surface area contributed by atoms with Crippen molar-refractivity contribution in [2.45, 2.75) is 131 Å². The third kappa shape index (κ3) is 18.8. The van der Waals surface area contributed by atoms with Crippen molar-refractivity contribution in [1.82, 2.24) is 0 Å². The van der Waals surface area contributed by atoms with E-state index in [2.05, 4.69) is 60.9 Å². The summed E-state index contributed by atoms with van der Waals surface area (Å²) < 4.78 is 11.7. The van der Waals surface area contributed by atoms with Crippen LogP contribution in [0.5, 0.6) is 0 Å². The molecule has 2 fully saturated rings. The van der Waals surface area contributed by atoms with Crippen molar-refractivity contribution in [3.63, 3.8) is 0 Å². The first-order valence-electron chi connectivity index (χ1n) is 13.0. The van der Waals surface area contributed by atoms with Gasteiger partial charge in [-0.05, 0) is 121 Å². The van der Waals surface area contributed by atoms with Crippen LogP contribution in [-0.4, -0.2) is 42.1 Å². The lowest BCUT2D eigenvalue weighted by molar-refractivity contribution is -0.306. The summed E-state index contributed by atoms with van der Waals surface area (Å²) >= 11 is 0. The van der Waals surface area contributed by atoms with Crippen LogP contribution in [-0.2, 0) is 9.62 Å². The van der Waals surface area contributed by atoms with E-state index < -0.39 is 11.2 Å². The molecular formula is C28H55BO4P. The van der Waals surface area contributed by atoms with Gasteiger partial charge in [0.15, 0.2) is 0 Å². The molecule has 0 spiro atoms. The summed E-state index contributed by atoms with van der Waals surface area (Å²) in [6, 6.07) is 0. The SMILES string of the molecule is C=C(C)C1CC=C(C)CC1.C=C(C)C1CCC2(C)OC2C1.CC(C)(C)O.CC(C)(C)OO.[3H][B]P. The van der Waals surface area contributed by atoms with Crippen LogP contribution < -0.4 is 0 Å². The van der Waals surface area contributed by atoms with Gasteiger partial charge in [-0.25, -0.2) is 4.89 Å². The number of rotatable bonds is 2. The Morgan fingerprint density at radius 1 is 1.18 bits per heavy atom. The lowest BCUT2D eigenvalue weighted by Crippen LogP contribution is -2.21. The third-order valence-electron chi connectivity index (χ3n) is 5.83. The van der Waals surface area contributed by atoms with Crippen molar-refractivity contribution in [2.24, 2.45) is 11.8 Å². The molecule has 199 valence electrons. The number of hydrogen-bond acceptors (Lipinski definition) is 4. The molecule has 4 nitrogen and oxygen atoms in total. The summed E-state index contributed by atoms with van der Waals surface area (Å²) in [6.07, 6.45) is 10.4. The van der Waals surface area contributed by atoms with Crippen LogP contribution in [0.15, 0.2) is 36.0 Å². The van der Waals surface area contributed by atoms with E-state index in [1.54, 1.807) is 47.1 Å². The Kier molecular flexibility index (Phi) is 16.1. The minimum Gasteiger partial charge on any atom is -0.391 e. The van der Waals surface area contributed by atoms with E-state index in [0.717, 1.165) is 11.8 Å². The average molecular weight is 500 g/mol. The molecule has 2 aliphatic carbocycles. The fourth-order valence-corrected chi connectivity index (χ4v) is 3.51. The van der Waals surface area contributed by atoms with Gasteiger partial charge in [-0.1, -0.05) is 36.0 Å². The second-order valence-corrected chi connectivity index (χ2v) is 12.0. The van der Waals surface area contributed by atoms with Gasteiger partial charge in [0.25, 0.3) is 0 Å². The smallest absolute Gasteiger partial charge is 0.116 e. The first kappa shape index (κ1) is 33.6. The molecule has 1 saturated heterocycles. The molecule has 5 unspecified atom stereocenters. The van der Waals surface area contributed by atoms with Crippen LogP contribution in [0, 0.1) is 11.8 Å². The molecule has 1 heterocycles. The zero-order chi connectivity index (χ0) is 28.0. The largest absolute Gasteiger partial charge is 0.391 e. The van der Waals surface area contributed by atoms with Crippen LogP contribution in [0.4, 0.5) is 0 Å². The molecule has 5 atom stereocenters. The molecule has 0 amide bonds. The van der Waals surface area contributed by atoms with E-state index in [0.29, 0.717) is 6.10 Å². The second kappa shape index (κ2) is 16.3. The zero-order valence-electron chi connectivity index (χ0n) is 24.8. The highest BCUT2D eigenvalue weighted by Gasteiger charge is 2.55. The molecule has 0 aromatic rings. The van der Waals surface area contributed by atoms with Crippen LogP contribution in [0.1, 0.15) is 108 Å². The predicted molar refractivity (Wildman–Crippen MR) is 154 cm³/mol. The van der Waals surface area contributed by atoms with Gasteiger partial charge < -0.3 is 9.84 Å². The highest BCUT2D eigenvalue weighted by molar-refractivity contribution is 7.49. The lowest BCUT2D eigenvalue weighted by atomic mass is 9.80. The molecule has 0 aromatic heterocycles. The van der Waals surface area contributed by atoms with Gasteiger partial charge in [-0.2, -0.15) is 9.12 Å². The Bertz CT molecular complexity index is 648. The van der Waals surface area contributed by atoms with E-state index in [9.17, 15) is 0 Å². The van der Waals surface area contributed by atoms with Gasteiger partial charge >= 0.3 is 0 Å². The third-order valence-corrected chi connectivity index (χ3v) is 5.83. The number of aliphatic hydroxyl groups is 1. The Morgan fingerprint density at radius 2 is 1.62 bits per heavy atom. The van der Waals surface area contributed by atoms with Crippen molar-refractivity contribution in [3.8, 4) is 0 Å². The number of epoxide rings is 1. The number of fused-ring (bicyclic) bond motifs is 1. The Balaban J connectivity index is 0. The normalized spacial score (nSPS) is 27.5. The summed E-state index contributed by atoms with van der Waals surface area (Å²) in [7, 11) is 3.29. The van der Waals surface area contributed by atoms with Crippen molar-refractivity contribution < 1.29 is 20.0 Å². The number of hydrogen-bond donors (Lipinski definition) is 2. The average Bonchev–Trinajstić information content (AvgIpc) is 3.38. The minimum atomic E-state index is -0.500. The molecular weight excluding hydrogens is 442 g/mol.